The van der Waals surface area contributed by atoms with Crippen LogP contribution in [0, 0.1) is 18.3 Å². The molecule has 0 heterocycles. The number of carbonyl (C=O) groups excluding carboxylic acids is 1. The number of hydrogen-bond acceptors (Lipinski definition) is 4. The normalized spacial score (nSPS) is 10.6. The van der Waals surface area contributed by atoms with E-state index < -0.39 is 5.91 Å². The van der Waals surface area contributed by atoms with Crippen molar-refractivity contribution in [3.05, 3.63) is 65.9 Å². The third-order valence-electron chi connectivity index (χ3n) is 3.12. The second-order valence-corrected chi connectivity index (χ2v) is 4.84. The summed E-state index contributed by atoms with van der Waals surface area (Å²) in [6.45, 7) is 1.95. The average molecular weight is 307 g/mol. The van der Waals surface area contributed by atoms with Gasteiger partial charge in [0.15, 0.2) is 0 Å². The molecular formula is C18H17N3O2. The molecule has 0 aromatic heterocycles. The molecule has 0 atom stereocenters. The fraction of sp³-hybridized carbons (Fsp3) is 0.111. The number of para-hydroxylation sites is 1. The summed E-state index contributed by atoms with van der Waals surface area (Å²) in [6.07, 6.45) is 1.37. The zero-order valence-corrected chi connectivity index (χ0v) is 13.0. The molecule has 1 amide bonds. The minimum absolute atomic E-state index is 0.0302. The van der Waals surface area contributed by atoms with Crippen LogP contribution in [0.5, 0.6) is 5.75 Å². The number of carbonyl (C=O) groups is 1. The van der Waals surface area contributed by atoms with E-state index >= 15 is 0 Å². The van der Waals surface area contributed by atoms with Crippen molar-refractivity contribution in [3.8, 4) is 11.8 Å². The van der Waals surface area contributed by atoms with E-state index in [1.165, 1.54) is 6.20 Å². The largest absolute Gasteiger partial charge is 0.495 e. The summed E-state index contributed by atoms with van der Waals surface area (Å²) in [5, 5.41) is 14.8. The summed E-state index contributed by atoms with van der Waals surface area (Å²) >= 11 is 0. The van der Waals surface area contributed by atoms with Gasteiger partial charge in [0.05, 0.1) is 12.8 Å². The fourth-order valence-corrected chi connectivity index (χ4v) is 1.95. The molecule has 0 saturated heterocycles. The lowest BCUT2D eigenvalue weighted by molar-refractivity contribution is -0.112. The van der Waals surface area contributed by atoms with Crippen LogP contribution in [-0.4, -0.2) is 13.0 Å². The SMILES string of the molecule is COc1ccc(C)cc1N/C=C(\C#N)C(=O)Nc1ccccc1. The third-order valence-corrected chi connectivity index (χ3v) is 3.12. The molecule has 2 aromatic rings. The molecule has 2 N–H and O–H groups in total. The van der Waals surface area contributed by atoms with Crippen LogP contribution < -0.4 is 15.4 Å². The van der Waals surface area contributed by atoms with Crippen LogP contribution in [0.25, 0.3) is 0 Å². The number of nitrogens with zero attached hydrogens (tertiary/aromatic N) is 1. The number of hydrogen-bond donors (Lipinski definition) is 2. The van der Waals surface area contributed by atoms with Gasteiger partial charge in [-0.05, 0) is 36.8 Å². The standard InChI is InChI=1S/C18H17N3O2/c1-13-8-9-17(23-2)16(10-13)20-12-14(11-19)18(22)21-15-6-4-3-5-7-15/h3-10,12,20H,1-2H3,(H,21,22)/b14-12+. The summed E-state index contributed by atoms with van der Waals surface area (Å²) in [4.78, 5) is 12.1. The number of nitrogens with one attached hydrogen (secondary N) is 2. The molecule has 0 aliphatic carbocycles. The summed E-state index contributed by atoms with van der Waals surface area (Å²) < 4.78 is 5.25. The number of rotatable bonds is 5. The Hall–Kier alpha value is -3.26. The van der Waals surface area contributed by atoms with Crippen molar-refractivity contribution in [1.29, 1.82) is 5.26 Å². The molecule has 0 fully saturated rings. The Morgan fingerprint density at radius 3 is 2.61 bits per heavy atom. The minimum Gasteiger partial charge on any atom is -0.495 e. The molecule has 0 spiro atoms. The smallest absolute Gasteiger partial charge is 0.267 e. The van der Waals surface area contributed by atoms with Gasteiger partial charge >= 0.3 is 0 Å². The molecular weight excluding hydrogens is 290 g/mol. The zero-order chi connectivity index (χ0) is 16.7. The molecule has 116 valence electrons. The van der Waals surface area contributed by atoms with Crippen LogP contribution in [0.3, 0.4) is 0 Å². The van der Waals surface area contributed by atoms with Crippen molar-refractivity contribution in [2.24, 2.45) is 0 Å². The molecule has 0 aliphatic rings. The first-order valence-corrected chi connectivity index (χ1v) is 7.02. The lowest BCUT2D eigenvalue weighted by atomic mass is 10.2. The number of anilines is 2. The second-order valence-electron chi connectivity index (χ2n) is 4.84. The number of nitriles is 1. The van der Waals surface area contributed by atoms with Crippen molar-refractivity contribution in [2.45, 2.75) is 6.92 Å². The van der Waals surface area contributed by atoms with E-state index in [9.17, 15) is 10.1 Å². The van der Waals surface area contributed by atoms with Crippen LogP contribution in [0.4, 0.5) is 11.4 Å². The molecule has 0 aliphatic heterocycles. The minimum atomic E-state index is -0.474. The van der Waals surface area contributed by atoms with Gasteiger partial charge in [-0.1, -0.05) is 24.3 Å². The second kappa shape index (κ2) is 7.66. The van der Waals surface area contributed by atoms with E-state index in [0.717, 1.165) is 5.56 Å². The third kappa shape index (κ3) is 4.35. The molecule has 0 radical (unpaired) electrons. The molecule has 0 bridgehead atoms. The maximum absolute atomic E-state index is 12.1. The lowest BCUT2D eigenvalue weighted by Gasteiger charge is -2.09. The van der Waals surface area contributed by atoms with Gasteiger partial charge in [-0.25, -0.2) is 0 Å². The number of aryl methyl sites for hydroxylation is 1. The van der Waals surface area contributed by atoms with Crippen molar-refractivity contribution < 1.29 is 9.53 Å². The van der Waals surface area contributed by atoms with Crippen molar-refractivity contribution >= 4 is 17.3 Å². The maximum Gasteiger partial charge on any atom is 0.267 e. The van der Waals surface area contributed by atoms with Crippen molar-refractivity contribution in [2.75, 3.05) is 17.7 Å². The topological polar surface area (TPSA) is 74.1 Å². The highest BCUT2D eigenvalue weighted by molar-refractivity contribution is 6.06. The first-order valence-electron chi connectivity index (χ1n) is 7.02. The highest BCUT2D eigenvalue weighted by Crippen LogP contribution is 2.25. The van der Waals surface area contributed by atoms with E-state index in [0.29, 0.717) is 17.1 Å². The Bertz CT molecular complexity index is 762. The van der Waals surface area contributed by atoms with E-state index in [4.69, 9.17) is 4.74 Å². The average Bonchev–Trinajstić information content (AvgIpc) is 2.56. The molecule has 5 nitrogen and oxygen atoms in total. The van der Waals surface area contributed by atoms with Gasteiger partial charge in [0.25, 0.3) is 5.91 Å². The zero-order valence-electron chi connectivity index (χ0n) is 13.0. The Kier molecular flexibility index (Phi) is 5.37. The fourth-order valence-electron chi connectivity index (χ4n) is 1.95. The molecule has 23 heavy (non-hydrogen) atoms. The summed E-state index contributed by atoms with van der Waals surface area (Å²) in [5.74, 6) is 0.158. The number of ether oxygens (including phenoxy) is 1. The van der Waals surface area contributed by atoms with Gasteiger partial charge in [0.2, 0.25) is 0 Å². The van der Waals surface area contributed by atoms with E-state index in [1.807, 2.05) is 37.3 Å². The van der Waals surface area contributed by atoms with Gasteiger partial charge in [-0.15, -0.1) is 0 Å². The Labute approximate surface area is 135 Å². The van der Waals surface area contributed by atoms with Gasteiger partial charge in [0.1, 0.15) is 17.4 Å². The molecule has 2 rings (SSSR count). The Morgan fingerprint density at radius 1 is 1.22 bits per heavy atom. The molecule has 5 heteroatoms. The van der Waals surface area contributed by atoms with Crippen LogP contribution in [0.2, 0.25) is 0 Å². The number of benzene rings is 2. The van der Waals surface area contributed by atoms with Gasteiger partial charge in [0, 0.05) is 11.9 Å². The first kappa shape index (κ1) is 16.1. The van der Waals surface area contributed by atoms with Gasteiger partial charge in [-0.3, -0.25) is 4.79 Å². The monoisotopic (exact) mass is 307 g/mol. The Balaban J connectivity index is 2.15. The molecule has 0 unspecified atom stereocenters. The molecule has 2 aromatic carbocycles. The summed E-state index contributed by atoms with van der Waals surface area (Å²) in [6, 6.07) is 16.5. The van der Waals surface area contributed by atoms with Crippen molar-refractivity contribution in [3.63, 3.8) is 0 Å². The van der Waals surface area contributed by atoms with Gasteiger partial charge < -0.3 is 15.4 Å². The van der Waals surface area contributed by atoms with Crippen LogP contribution in [0.15, 0.2) is 60.3 Å². The quantitative estimate of drug-likeness (QED) is 0.655. The van der Waals surface area contributed by atoms with E-state index in [-0.39, 0.29) is 5.57 Å². The highest BCUT2D eigenvalue weighted by atomic mass is 16.5. The predicted molar refractivity (Wildman–Crippen MR) is 90.1 cm³/mol. The van der Waals surface area contributed by atoms with E-state index in [2.05, 4.69) is 10.6 Å². The first-order chi connectivity index (χ1) is 11.1. The lowest BCUT2D eigenvalue weighted by Crippen LogP contribution is -2.14. The number of amides is 1. The number of methoxy groups -OCH3 is 1. The van der Waals surface area contributed by atoms with Gasteiger partial charge in [-0.2, -0.15) is 5.26 Å². The summed E-state index contributed by atoms with van der Waals surface area (Å²) in [5.41, 5.74) is 2.32. The summed E-state index contributed by atoms with van der Waals surface area (Å²) in [7, 11) is 1.56. The highest BCUT2D eigenvalue weighted by Gasteiger charge is 2.10. The Morgan fingerprint density at radius 2 is 1.96 bits per heavy atom. The maximum atomic E-state index is 12.1. The predicted octanol–water partition coefficient (Wildman–Crippen LogP) is 3.46. The van der Waals surface area contributed by atoms with Crippen LogP contribution in [0.1, 0.15) is 5.56 Å². The van der Waals surface area contributed by atoms with Crippen LogP contribution >= 0.6 is 0 Å². The molecule has 0 saturated carbocycles. The van der Waals surface area contributed by atoms with Crippen LogP contribution in [-0.2, 0) is 4.79 Å². The van der Waals surface area contributed by atoms with Crippen molar-refractivity contribution in [1.82, 2.24) is 0 Å². The van der Waals surface area contributed by atoms with E-state index in [1.54, 1.807) is 31.4 Å².